The highest BCUT2D eigenvalue weighted by Gasteiger charge is 2.39. The number of amides is 1. The highest BCUT2D eigenvalue weighted by atomic mass is 16.1. The fourth-order valence-corrected chi connectivity index (χ4v) is 4.07. The molecule has 0 saturated heterocycles. The SMILES string of the molecule is CC(C)CC1(CNC(=O)[C@@H]2CCC[C@@H]2CN)CCC1. The summed E-state index contributed by atoms with van der Waals surface area (Å²) in [5.74, 6) is 1.59. The highest BCUT2D eigenvalue weighted by molar-refractivity contribution is 5.79. The zero-order valence-electron chi connectivity index (χ0n) is 12.6. The maximum absolute atomic E-state index is 12.3. The van der Waals surface area contributed by atoms with Crippen LogP contribution < -0.4 is 11.1 Å². The second-order valence-corrected chi connectivity index (χ2v) is 7.20. The van der Waals surface area contributed by atoms with Gasteiger partial charge in [-0.3, -0.25) is 4.79 Å². The molecular weight excluding hydrogens is 236 g/mol. The molecular formula is C16H30N2O. The fourth-order valence-electron chi connectivity index (χ4n) is 4.07. The Hall–Kier alpha value is -0.570. The average Bonchev–Trinajstić information content (AvgIpc) is 2.79. The van der Waals surface area contributed by atoms with Crippen LogP contribution in [0.15, 0.2) is 0 Å². The minimum absolute atomic E-state index is 0.182. The van der Waals surface area contributed by atoms with Gasteiger partial charge in [0.2, 0.25) is 5.91 Å². The lowest BCUT2D eigenvalue weighted by atomic mass is 9.64. The molecule has 2 fully saturated rings. The second-order valence-electron chi connectivity index (χ2n) is 7.20. The van der Waals surface area contributed by atoms with E-state index in [1.54, 1.807) is 0 Å². The number of rotatable bonds is 6. The summed E-state index contributed by atoms with van der Waals surface area (Å²) in [6.45, 7) is 6.11. The Kier molecular flexibility index (Phi) is 4.88. The molecule has 0 heterocycles. The number of carbonyl (C=O) groups excluding carboxylic acids is 1. The van der Waals surface area contributed by atoms with Crippen molar-refractivity contribution >= 4 is 5.91 Å². The molecule has 2 aliphatic rings. The molecule has 2 atom stereocenters. The van der Waals surface area contributed by atoms with Crippen LogP contribution in [-0.2, 0) is 4.79 Å². The largest absolute Gasteiger partial charge is 0.355 e. The van der Waals surface area contributed by atoms with E-state index < -0.39 is 0 Å². The third kappa shape index (κ3) is 3.50. The van der Waals surface area contributed by atoms with Gasteiger partial charge in [-0.05, 0) is 55.9 Å². The van der Waals surface area contributed by atoms with Gasteiger partial charge >= 0.3 is 0 Å². The average molecular weight is 266 g/mol. The summed E-state index contributed by atoms with van der Waals surface area (Å²) in [6.07, 6.45) is 8.48. The standard InChI is InChI=1S/C16H30N2O/c1-12(2)9-16(7-4-8-16)11-18-15(19)14-6-3-5-13(14)10-17/h12-14H,3-11,17H2,1-2H3,(H,18,19)/t13-,14-/m1/s1. The summed E-state index contributed by atoms with van der Waals surface area (Å²) < 4.78 is 0. The van der Waals surface area contributed by atoms with Crippen molar-refractivity contribution in [3.05, 3.63) is 0 Å². The van der Waals surface area contributed by atoms with Crippen LogP contribution in [0.2, 0.25) is 0 Å². The molecule has 1 amide bonds. The Morgan fingerprint density at radius 1 is 1.32 bits per heavy atom. The van der Waals surface area contributed by atoms with Crippen molar-refractivity contribution in [3.8, 4) is 0 Å². The van der Waals surface area contributed by atoms with Crippen molar-refractivity contribution in [1.82, 2.24) is 5.32 Å². The first-order valence-corrected chi connectivity index (χ1v) is 8.04. The zero-order chi connectivity index (χ0) is 13.9. The van der Waals surface area contributed by atoms with Gasteiger partial charge in [0.15, 0.2) is 0 Å². The lowest BCUT2D eigenvalue weighted by molar-refractivity contribution is -0.127. The van der Waals surface area contributed by atoms with Crippen LogP contribution in [0.25, 0.3) is 0 Å². The Morgan fingerprint density at radius 2 is 2.05 bits per heavy atom. The van der Waals surface area contributed by atoms with E-state index in [9.17, 15) is 4.79 Å². The van der Waals surface area contributed by atoms with Gasteiger partial charge in [0.05, 0.1) is 0 Å². The molecule has 0 radical (unpaired) electrons. The molecule has 0 spiro atoms. The molecule has 0 unspecified atom stereocenters. The molecule has 0 aliphatic heterocycles. The Balaban J connectivity index is 1.82. The van der Waals surface area contributed by atoms with Crippen molar-refractivity contribution in [2.45, 2.75) is 58.8 Å². The number of hydrogen-bond donors (Lipinski definition) is 2. The first-order chi connectivity index (χ1) is 9.06. The number of hydrogen-bond acceptors (Lipinski definition) is 2. The first-order valence-electron chi connectivity index (χ1n) is 8.04. The van der Waals surface area contributed by atoms with Gasteiger partial charge in [-0.1, -0.05) is 26.7 Å². The topological polar surface area (TPSA) is 55.1 Å². The summed E-state index contributed by atoms with van der Waals surface area (Å²) in [7, 11) is 0. The third-order valence-corrected chi connectivity index (χ3v) is 5.19. The van der Waals surface area contributed by atoms with E-state index in [1.165, 1.54) is 25.7 Å². The molecule has 3 heteroatoms. The molecule has 2 rings (SSSR count). The van der Waals surface area contributed by atoms with Gasteiger partial charge in [-0.15, -0.1) is 0 Å². The monoisotopic (exact) mass is 266 g/mol. The van der Waals surface area contributed by atoms with Gasteiger partial charge in [0.1, 0.15) is 0 Å². The van der Waals surface area contributed by atoms with E-state index in [-0.39, 0.29) is 11.8 Å². The number of nitrogens with one attached hydrogen (secondary N) is 1. The minimum Gasteiger partial charge on any atom is -0.355 e. The lowest BCUT2D eigenvalue weighted by Crippen LogP contribution is -2.45. The highest BCUT2D eigenvalue weighted by Crippen LogP contribution is 2.45. The summed E-state index contributed by atoms with van der Waals surface area (Å²) >= 11 is 0. The van der Waals surface area contributed by atoms with Crippen LogP contribution in [0.5, 0.6) is 0 Å². The normalized spacial score (nSPS) is 29.3. The molecule has 3 N–H and O–H groups in total. The molecule has 2 aliphatic carbocycles. The van der Waals surface area contributed by atoms with Crippen molar-refractivity contribution in [2.75, 3.05) is 13.1 Å². The van der Waals surface area contributed by atoms with Gasteiger partial charge < -0.3 is 11.1 Å². The Labute approximate surface area is 117 Å². The van der Waals surface area contributed by atoms with E-state index in [4.69, 9.17) is 5.73 Å². The Morgan fingerprint density at radius 3 is 2.58 bits per heavy atom. The van der Waals surface area contributed by atoms with Gasteiger partial charge in [-0.25, -0.2) is 0 Å². The second kappa shape index (κ2) is 6.25. The Bertz CT molecular complexity index is 310. The number of nitrogens with two attached hydrogens (primary N) is 1. The van der Waals surface area contributed by atoms with Crippen molar-refractivity contribution < 1.29 is 4.79 Å². The van der Waals surface area contributed by atoms with Gasteiger partial charge in [-0.2, -0.15) is 0 Å². The maximum Gasteiger partial charge on any atom is 0.223 e. The van der Waals surface area contributed by atoms with E-state index in [1.807, 2.05) is 0 Å². The summed E-state index contributed by atoms with van der Waals surface area (Å²) in [4.78, 5) is 12.3. The van der Waals surface area contributed by atoms with Crippen LogP contribution in [0, 0.1) is 23.2 Å². The van der Waals surface area contributed by atoms with Crippen molar-refractivity contribution in [3.63, 3.8) is 0 Å². The van der Waals surface area contributed by atoms with E-state index in [0.29, 0.717) is 17.9 Å². The third-order valence-electron chi connectivity index (χ3n) is 5.19. The predicted octanol–water partition coefficient (Wildman–Crippen LogP) is 2.69. The molecule has 2 saturated carbocycles. The molecule has 0 aromatic carbocycles. The quantitative estimate of drug-likeness (QED) is 0.776. The number of carbonyl (C=O) groups is 1. The van der Waals surface area contributed by atoms with Crippen molar-refractivity contribution in [1.29, 1.82) is 0 Å². The van der Waals surface area contributed by atoms with Crippen LogP contribution >= 0.6 is 0 Å². The molecule has 19 heavy (non-hydrogen) atoms. The molecule has 0 aromatic heterocycles. The summed E-state index contributed by atoms with van der Waals surface area (Å²) in [5.41, 5.74) is 6.17. The van der Waals surface area contributed by atoms with Crippen LogP contribution in [0.4, 0.5) is 0 Å². The van der Waals surface area contributed by atoms with E-state index in [2.05, 4.69) is 19.2 Å². The molecule has 0 bridgehead atoms. The summed E-state index contributed by atoms with van der Waals surface area (Å²) in [6, 6.07) is 0. The van der Waals surface area contributed by atoms with E-state index in [0.717, 1.165) is 31.7 Å². The van der Waals surface area contributed by atoms with Gasteiger partial charge in [0, 0.05) is 12.5 Å². The molecule has 110 valence electrons. The van der Waals surface area contributed by atoms with Crippen LogP contribution in [-0.4, -0.2) is 19.0 Å². The van der Waals surface area contributed by atoms with Crippen LogP contribution in [0.3, 0.4) is 0 Å². The predicted molar refractivity (Wildman–Crippen MR) is 78.6 cm³/mol. The van der Waals surface area contributed by atoms with E-state index >= 15 is 0 Å². The first kappa shape index (κ1) is 14.8. The lowest BCUT2D eigenvalue weighted by Gasteiger charge is -2.43. The fraction of sp³-hybridized carbons (Fsp3) is 0.938. The smallest absolute Gasteiger partial charge is 0.223 e. The minimum atomic E-state index is 0.182. The van der Waals surface area contributed by atoms with Gasteiger partial charge in [0.25, 0.3) is 0 Å². The van der Waals surface area contributed by atoms with Crippen LogP contribution in [0.1, 0.15) is 58.8 Å². The molecule has 0 aromatic rings. The summed E-state index contributed by atoms with van der Waals surface area (Å²) in [5, 5.41) is 3.24. The van der Waals surface area contributed by atoms with Crippen molar-refractivity contribution in [2.24, 2.45) is 28.9 Å². The zero-order valence-corrected chi connectivity index (χ0v) is 12.6. The maximum atomic E-state index is 12.3. The molecule has 3 nitrogen and oxygen atoms in total.